The molecule has 1 aromatic carbocycles. The maximum absolute atomic E-state index is 13.4. The lowest BCUT2D eigenvalue weighted by Crippen LogP contribution is -2.57. The van der Waals surface area contributed by atoms with Crippen molar-refractivity contribution >= 4 is 35.7 Å². The van der Waals surface area contributed by atoms with Crippen LogP contribution in [0.1, 0.15) is 112 Å². The lowest BCUT2D eigenvalue weighted by atomic mass is 9.68. The molecule has 0 bridgehead atoms. The minimum absolute atomic E-state index is 0.0265. The molecule has 1 aliphatic carbocycles. The minimum atomic E-state index is -0.903. The predicted octanol–water partition coefficient (Wildman–Crippen LogP) is 4.16. The fourth-order valence-electron chi connectivity index (χ4n) is 8.72. The van der Waals surface area contributed by atoms with Gasteiger partial charge < -0.3 is 50.3 Å². The molecule has 0 aromatic heterocycles. The molecule has 2 heterocycles. The Labute approximate surface area is 397 Å². The van der Waals surface area contributed by atoms with Gasteiger partial charge in [0.05, 0.1) is 37.8 Å². The van der Waals surface area contributed by atoms with E-state index in [1.807, 2.05) is 58.0 Å². The molecule has 7 N–H and O–H groups in total. The molecule has 3 fully saturated rings. The van der Waals surface area contributed by atoms with Crippen molar-refractivity contribution in [1.82, 2.24) is 37.4 Å². The largest absolute Gasteiger partial charge is 0.447 e. The quantitative estimate of drug-likeness (QED) is 0.0259. The molecule has 18 heteroatoms. The molecule has 1 aromatic rings. The number of hydrazine groups is 1. The normalized spacial score (nSPS) is 24.2. The number of carbonyl (C=O) groups is 6. The number of benzene rings is 1. The third kappa shape index (κ3) is 18.1. The predicted molar refractivity (Wildman–Crippen MR) is 253 cm³/mol. The van der Waals surface area contributed by atoms with Crippen LogP contribution in [0.5, 0.6) is 0 Å². The van der Waals surface area contributed by atoms with E-state index in [2.05, 4.69) is 64.3 Å². The molecule has 0 radical (unpaired) electrons. The number of ether oxygens (including phenoxy) is 5. The number of amides is 5. The van der Waals surface area contributed by atoms with Gasteiger partial charge in [-0.1, -0.05) is 82.5 Å². The number of epoxide rings is 2. The van der Waals surface area contributed by atoms with Crippen molar-refractivity contribution in [2.45, 2.75) is 161 Å². The highest BCUT2D eigenvalue weighted by Crippen LogP contribution is 2.59. The van der Waals surface area contributed by atoms with Crippen molar-refractivity contribution in [2.75, 3.05) is 46.5 Å². The number of rotatable bonds is 29. The van der Waals surface area contributed by atoms with Crippen LogP contribution in [0.15, 0.2) is 42.0 Å². The Hall–Kier alpha value is -4.62. The van der Waals surface area contributed by atoms with E-state index in [4.69, 9.17) is 23.7 Å². The molecule has 4 rings (SSSR count). The summed E-state index contributed by atoms with van der Waals surface area (Å²) in [5.74, 6) is -1.32. The molecule has 9 atom stereocenters. The van der Waals surface area contributed by atoms with Gasteiger partial charge >= 0.3 is 12.2 Å². The van der Waals surface area contributed by atoms with Crippen molar-refractivity contribution < 1.29 is 52.5 Å². The van der Waals surface area contributed by atoms with Gasteiger partial charge in [-0.05, 0) is 83.6 Å². The first-order chi connectivity index (χ1) is 31.9. The number of ketones is 1. The standard InChI is InChI=1S/C49H79N7O11/c1-31(2)19-20-40-48(8,67-40)43-42(63-9)39(21-22-49(43)30-65-49)66-47(62)55-38(33(5)6)29-64-46(61)51-24-16-11-10-15-23-50-41(58)28-53-56-37(25-32(3)4)45(60)54-36(44(59)52-27-34(7)57)26-35-17-13-12-14-18-35/h12-14,17-19,32-33,36-40,42-43,53,56H,10-11,15-16,20-30H2,1-9H3,(H,50,58)(H,51,61)(H,52,59)(H,54,60)(H,55,62)/t36-,37-,38-,39?,40+,42?,43?,48?,49-/m0/s1. The van der Waals surface area contributed by atoms with Crippen LogP contribution in [-0.2, 0) is 49.3 Å². The number of hydrogen-bond donors (Lipinski definition) is 7. The van der Waals surface area contributed by atoms with Gasteiger partial charge in [-0.15, -0.1) is 0 Å². The first-order valence-corrected chi connectivity index (χ1v) is 24.1. The van der Waals surface area contributed by atoms with E-state index in [0.29, 0.717) is 39.0 Å². The highest BCUT2D eigenvalue weighted by Gasteiger charge is 2.72. The number of Topliss-reactive ketones (excluding diaryl/α,β-unsaturated/α-hetero) is 1. The SMILES string of the molecule is COC1C(OC(=O)N[C@@H](COC(=O)NCCCCCCNC(=O)CNN[C@@H](CC(C)C)C(=O)N[C@@H](Cc2ccccc2)C(=O)NCC(C)=O)C(C)C)CC[C@]2(CO2)C1C1(C)O[C@@H]1CC=C(C)C. The summed E-state index contributed by atoms with van der Waals surface area (Å²) in [6.45, 7) is 16.7. The van der Waals surface area contributed by atoms with E-state index in [1.165, 1.54) is 12.5 Å². The van der Waals surface area contributed by atoms with Crippen molar-refractivity contribution in [3.05, 3.63) is 47.5 Å². The minimum Gasteiger partial charge on any atom is -0.447 e. The highest BCUT2D eigenvalue weighted by atomic mass is 16.6. The molecule has 5 amide bonds. The highest BCUT2D eigenvalue weighted by molar-refractivity contribution is 5.92. The summed E-state index contributed by atoms with van der Waals surface area (Å²) in [5, 5.41) is 14.0. The third-order valence-electron chi connectivity index (χ3n) is 12.7. The second kappa shape index (κ2) is 26.8. The first-order valence-electron chi connectivity index (χ1n) is 24.1. The molecule has 1 saturated carbocycles. The van der Waals surface area contributed by atoms with E-state index in [1.54, 1.807) is 7.11 Å². The number of nitrogens with one attached hydrogen (secondary N) is 7. The second-order valence-corrected chi connectivity index (χ2v) is 19.5. The van der Waals surface area contributed by atoms with Gasteiger partial charge in [-0.3, -0.25) is 19.2 Å². The van der Waals surface area contributed by atoms with Crippen molar-refractivity contribution in [1.29, 1.82) is 0 Å². The fourth-order valence-corrected chi connectivity index (χ4v) is 8.72. The smallest absolute Gasteiger partial charge is 0.407 e. The summed E-state index contributed by atoms with van der Waals surface area (Å²) < 4.78 is 29.8. The van der Waals surface area contributed by atoms with E-state index in [9.17, 15) is 28.8 Å². The van der Waals surface area contributed by atoms with Crippen LogP contribution in [0.2, 0.25) is 0 Å². The zero-order valence-electron chi connectivity index (χ0n) is 41.3. The average Bonchev–Trinajstić information content (AvgIpc) is 4.20. The topological polar surface area (TPSA) is 239 Å². The monoisotopic (exact) mass is 942 g/mol. The Morgan fingerprint density at radius 2 is 1.54 bits per heavy atom. The van der Waals surface area contributed by atoms with Gasteiger partial charge in [0.25, 0.3) is 0 Å². The number of carbonyl (C=O) groups excluding carboxylic acids is 6. The summed E-state index contributed by atoms with van der Waals surface area (Å²) in [5.41, 5.74) is 7.11. The molecule has 376 valence electrons. The molecule has 2 saturated heterocycles. The summed E-state index contributed by atoms with van der Waals surface area (Å²) in [4.78, 5) is 76.2. The Balaban J connectivity index is 1.09. The Bertz CT molecular complexity index is 1810. The summed E-state index contributed by atoms with van der Waals surface area (Å²) >= 11 is 0. The van der Waals surface area contributed by atoms with E-state index >= 15 is 0 Å². The zero-order valence-corrected chi connectivity index (χ0v) is 41.3. The molecule has 2 aliphatic heterocycles. The van der Waals surface area contributed by atoms with Crippen LogP contribution in [0.3, 0.4) is 0 Å². The molecule has 18 nitrogen and oxygen atoms in total. The first kappa shape index (κ1) is 55.0. The van der Waals surface area contributed by atoms with E-state index in [-0.39, 0.29) is 67.3 Å². The maximum Gasteiger partial charge on any atom is 0.407 e. The van der Waals surface area contributed by atoms with Gasteiger partial charge in [0.1, 0.15) is 47.9 Å². The Morgan fingerprint density at radius 1 is 0.851 bits per heavy atom. The van der Waals surface area contributed by atoms with Crippen LogP contribution in [-0.4, -0.2) is 130 Å². The number of alkyl carbamates (subject to hydrolysis) is 2. The van der Waals surface area contributed by atoms with Gasteiger partial charge in [-0.25, -0.2) is 20.4 Å². The number of unbranched alkanes of at least 4 members (excludes halogenated alkanes) is 3. The number of allylic oxidation sites excluding steroid dienone is 1. The van der Waals surface area contributed by atoms with Crippen molar-refractivity contribution in [3.8, 4) is 0 Å². The van der Waals surface area contributed by atoms with Gasteiger partial charge in [0, 0.05) is 26.6 Å². The van der Waals surface area contributed by atoms with Crippen molar-refractivity contribution in [3.63, 3.8) is 0 Å². The zero-order chi connectivity index (χ0) is 49.1. The Kier molecular flexibility index (Phi) is 22.0. The summed E-state index contributed by atoms with van der Waals surface area (Å²) in [6, 6.07) is 7.17. The van der Waals surface area contributed by atoms with Crippen LogP contribution in [0.4, 0.5) is 9.59 Å². The number of methoxy groups -OCH3 is 1. The van der Waals surface area contributed by atoms with Crippen LogP contribution >= 0.6 is 0 Å². The van der Waals surface area contributed by atoms with Crippen molar-refractivity contribution in [2.24, 2.45) is 17.8 Å². The molecule has 67 heavy (non-hydrogen) atoms. The van der Waals surface area contributed by atoms with Crippen LogP contribution in [0.25, 0.3) is 0 Å². The second-order valence-electron chi connectivity index (χ2n) is 19.5. The molecule has 4 unspecified atom stereocenters. The fraction of sp³-hybridized carbons (Fsp3) is 0.714. The third-order valence-corrected chi connectivity index (χ3v) is 12.7. The average molecular weight is 942 g/mol. The number of hydrogen-bond acceptors (Lipinski definition) is 13. The van der Waals surface area contributed by atoms with Crippen LogP contribution < -0.4 is 37.4 Å². The van der Waals surface area contributed by atoms with Gasteiger partial charge in [-0.2, -0.15) is 0 Å². The van der Waals surface area contributed by atoms with Gasteiger partial charge in [0.15, 0.2) is 0 Å². The lowest BCUT2D eigenvalue weighted by Gasteiger charge is -2.42. The molecular weight excluding hydrogens is 863 g/mol. The van der Waals surface area contributed by atoms with E-state index in [0.717, 1.165) is 37.7 Å². The molecule has 1 spiro atoms. The maximum atomic E-state index is 13.4. The molecular formula is C49H79N7O11. The Morgan fingerprint density at radius 3 is 2.15 bits per heavy atom. The summed E-state index contributed by atoms with van der Waals surface area (Å²) in [6.07, 6.45) is 6.08. The van der Waals surface area contributed by atoms with Crippen LogP contribution in [0, 0.1) is 17.8 Å². The van der Waals surface area contributed by atoms with E-state index < -0.39 is 59.9 Å². The molecule has 3 aliphatic rings. The van der Waals surface area contributed by atoms with Gasteiger partial charge in [0.2, 0.25) is 17.7 Å². The lowest BCUT2D eigenvalue weighted by molar-refractivity contribution is -0.131. The summed E-state index contributed by atoms with van der Waals surface area (Å²) in [7, 11) is 1.64.